The predicted molar refractivity (Wildman–Crippen MR) is 65.5 cm³/mol. The molecule has 0 fully saturated rings. The van der Waals surface area contributed by atoms with Gasteiger partial charge in [0.1, 0.15) is 6.61 Å². The SMILES string of the molecule is CCOC(=O)c1n[nH]c2c1CN(C(=O)COC)CC2. The van der Waals surface area contributed by atoms with Crippen LogP contribution in [0, 0.1) is 0 Å². The largest absolute Gasteiger partial charge is 0.461 e. The number of rotatable bonds is 4. The maximum Gasteiger partial charge on any atom is 0.359 e. The highest BCUT2D eigenvalue weighted by atomic mass is 16.5. The first-order valence-electron chi connectivity index (χ1n) is 6.17. The number of H-pyrrole nitrogens is 1. The highest BCUT2D eigenvalue weighted by Gasteiger charge is 2.28. The maximum absolute atomic E-state index is 11.8. The van der Waals surface area contributed by atoms with Crippen molar-refractivity contribution in [1.29, 1.82) is 0 Å². The number of fused-ring (bicyclic) bond motifs is 1. The molecule has 0 saturated carbocycles. The number of nitrogens with zero attached hydrogens (tertiary/aromatic N) is 2. The van der Waals surface area contributed by atoms with Gasteiger partial charge in [0.2, 0.25) is 5.91 Å². The van der Waals surface area contributed by atoms with Crippen molar-refractivity contribution >= 4 is 11.9 Å². The van der Waals surface area contributed by atoms with E-state index in [4.69, 9.17) is 9.47 Å². The van der Waals surface area contributed by atoms with Gasteiger partial charge in [-0.05, 0) is 6.92 Å². The summed E-state index contributed by atoms with van der Waals surface area (Å²) >= 11 is 0. The molecule has 0 aliphatic carbocycles. The van der Waals surface area contributed by atoms with Gasteiger partial charge in [-0.1, -0.05) is 0 Å². The summed E-state index contributed by atoms with van der Waals surface area (Å²) in [5.74, 6) is -0.551. The van der Waals surface area contributed by atoms with Crippen LogP contribution >= 0.6 is 0 Å². The number of amides is 1. The number of carbonyl (C=O) groups excluding carboxylic acids is 2. The molecule has 0 aromatic carbocycles. The van der Waals surface area contributed by atoms with Crippen molar-refractivity contribution < 1.29 is 19.1 Å². The first kappa shape index (κ1) is 13.5. The van der Waals surface area contributed by atoms with Gasteiger partial charge in [0.15, 0.2) is 5.69 Å². The summed E-state index contributed by atoms with van der Waals surface area (Å²) in [4.78, 5) is 25.2. The molecule has 2 rings (SSSR count). The average Bonchev–Trinajstić information content (AvgIpc) is 2.82. The number of carbonyl (C=O) groups is 2. The van der Waals surface area contributed by atoms with E-state index in [1.807, 2.05) is 0 Å². The minimum atomic E-state index is -0.457. The van der Waals surface area contributed by atoms with E-state index < -0.39 is 5.97 Å². The van der Waals surface area contributed by atoms with E-state index in [0.717, 1.165) is 11.3 Å². The fraction of sp³-hybridized carbons (Fsp3) is 0.583. The molecule has 0 bridgehead atoms. The third-order valence-corrected chi connectivity index (χ3v) is 3.02. The summed E-state index contributed by atoms with van der Waals surface area (Å²) in [6.07, 6.45) is 0.650. The Morgan fingerprint density at radius 3 is 2.95 bits per heavy atom. The molecular weight excluding hydrogens is 250 g/mol. The van der Waals surface area contributed by atoms with Crippen molar-refractivity contribution in [2.24, 2.45) is 0 Å². The van der Waals surface area contributed by atoms with E-state index >= 15 is 0 Å². The molecule has 0 atom stereocenters. The zero-order valence-electron chi connectivity index (χ0n) is 11.1. The van der Waals surface area contributed by atoms with Crippen LogP contribution in [0.15, 0.2) is 0 Å². The number of hydrogen-bond donors (Lipinski definition) is 1. The van der Waals surface area contributed by atoms with Gasteiger partial charge >= 0.3 is 5.97 Å². The van der Waals surface area contributed by atoms with E-state index in [2.05, 4.69) is 10.2 Å². The lowest BCUT2D eigenvalue weighted by Gasteiger charge is -2.26. The van der Waals surface area contributed by atoms with Gasteiger partial charge in [0, 0.05) is 37.9 Å². The van der Waals surface area contributed by atoms with E-state index in [9.17, 15) is 9.59 Å². The molecule has 0 radical (unpaired) electrons. The van der Waals surface area contributed by atoms with Crippen LogP contribution in [0.4, 0.5) is 0 Å². The van der Waals surface area contributed by atoms with Crippen LogP contribution in [0.1, 0.15) is 28.7 Å². The lowest BCUT2D eigenvalue weighted by atomic mass is 10.1. The number of aromatic amines is 1. The van der Waals surface area contributed by atoms with Gasteiger partial charge < -0.3 is 14.4 Å². The molecule has 1 amide bonds. The highest BCUT2D eigenvalue weighted by Crippen LogP contribution is 2.21. The van der Waals surface area contributed by atoms with Crippen molar-refractivity contribution in [3.63, 3.8) is 0 Å². The molecular formula is C12H17N3O4. The van der Waals surface area contributed by atoms with Crippen LogP contribution in [0.5, 0.6) is 0 Å². The Balaban J connectivity index is 2.16. The molecule has 1 aromatic heterocycles. The lowest BCUT2D eigenvalue weighted by Crippen LogP contribution is -2.38. The number of hydrogen-bond acceptors (Lipinski definition) is 5. The second-order valence-electron chi connectivity index (χ2n) is 4.25. The van der Waals surface area contributed by atoms with Crippen molar-refractivity contribution in [3.05, 3.63) is 17.0 Å². The van der Waals surface area contributed by atoms with Crippen molar-refractivity contribution in [2.45, 2.75) is 19.9 Å². The Labute approximate surface area is 110 Å². The number of aromatic nitrogens is 2. The molecule has 104 valence electrons. The Morgan fingerprint density at radius 2 is 2.26 bits per heavy atom. The zero-order valence-corrected chi connectivity index (χ0v) is 11.1. The molecule has 0 spiro atoms. The van der Waals surface area contributed by atoms with Crippen LogP contribution in [-0.4, -0.2) is 53.8 Å². The number of ether oxygens (including phenoxy) is 2. The molecule has 7 heteroatoms. The lowest BCUT2D eigenvalue weighted by molar-refractivity contribution is -0.136. The van der Waals surface area contributed by atoms with Crippen molar-refractivity contribution in [1.82, 2.24) is 15.1 Å². The summed E-state index contributed by atoms with van der Waals surface area (Å²) in [5, 5.41) is 6.82. The van der Waals surface area contributed by atoms with Gasteiger partial charge in [-0.15, -0.1) is 0 Å². The monoisotopic (exact) mass is 267 g/mol. The van der Waals surface area contributed by atoms with E-state index in [0.29, 0.717) is 26.1 Å². The predicted octanol–water partition coefficient (Wildman–Crippen LogP) is 0.117. The van der Waals surface area contributed by atoms with Crippen LogP contribution in [0.25, 0.3) is 0 Å². The number of methoxy groups -OCH3 is 1. The summed E-state index contributed by atoms with van der Waals surface area (Å²) < 4.78 is 9.78. The molecule has 1 aliphatic heterocycles. The molecule has 2 heterocycles. The summed E-state index contributed by atoms with van der Waals surface area (Å²) in [6.45, 7) is 3.04. The van der Waals surface area contributed by atoms with Crippen LogP contribution in [0.2, 0.25) is 0 Å². The Kier molecular flexibility index (Phi) is 4.16. The second kappa shape index (κ2) is 5.83. The van der Waals surface area contributed by atoms with Gasteiger partial charge in [-0.25, -0.2) is 4.79 Å². The zero-order chi connectivity index (χ0) is 13.8. The fourth-order valence-corrected chi connectivity index (χ4v) is 2.09. The number of esters is 1. The third kappa shape index (κ3) is 2.76. The van der Waals surface area contributed by atoms with Gasteiger partial charge in [-0.3, -0.25) is 9.89 Å². The van der Waals surface area contributed by atoms with Crippen LogP contribution < -0.4 is 0 Å². The maximum atomic E-state index is 11.8. The number of nitrogens with one attached hydrogen (secondary N) is 1. The summed E-state index contributed by atoms with van der Waals surface area (Å²) in [7, 11) is 1.48. The van der Waals surface area contributed by atoms with E-state index in [-0.39, 0.29) is 18.2 Å². The topological polar surface area (TPSA) is 84.5 Å². The normalized spacial score (nSPS) is 14.1. The summed E-state index contributed by atoms with van der Waals surface area (Å²) in [5.41, 5.74) is 1.91. The Hall–Kier alpha value is -1.89. The third-order valence-electron chi connectivity index (χ3n) is 3.02. The first-order chi connectivity index (χ1) is 9.17. The van der Waals surface area contributed by atoms with Crippen LogP contribution in [-0.2, 0) is 27.2 Å². The standard InChI is InChI=1S/C12H17N3O4/c1-3-19-12(17)11-8-6-15(10(16)7-18-2)5-4-9(8)13-14-11/h3-7H2,1-2H3,(H,13,14). The molecule has 0 saturated heterocycles. The molecule has 1 aromatic rings. The van der Waals surface area contributed by atoms with Crippen molar-refractivity contribution in [3.8, 4) is 0 Å². The van der Waals surface area contributed by atoms with E-state index in [1.165, 1.54) is 7.11 Å². The highest BCUT2D eigenvalue weighted by molar-refractivity contribution is 5.89. The molecule has 19 heavy (non-hydrogen) atoms. The molecule has 1 N–H and O–H groups in total. The quantitative estimate of drug-likeness (QED) is 0.783. The first-order valence-corrected chi connectivity index (χ1v) is 6.17. The smallest absolute Gasteiger partial charge is 0.359 e. The minimum Gasteiger partial charge on any atom is -0.461 e. The fourth-order valence-electron chi connectivity index (χ4n) is 2.09. The van der Waals surface area contributed by atoms with Gasteiger partial charge in [0.25, 0.3) is 0 Å². The van der Waals surface area contributed by atoms with Crippen molar-refractivity contribution in [2.75, 3.05) is 26.9 Å². The molecule has 1 aliphatic rings. The van der Waals surface area contributed by atoms with Gasteiger partial charge in [-0.2, -0.15) is 5.10 Å². The minimum absolute atomic E-state index is 0.0436. The van der Waals surface area contributed by atoms with E-state index in [1.54, 1.807) is 11.8 Å². The Bertz CT molecular complexity index is 483. The molecule has 0 unspecified atom stereocenters. The Morgan fingerprint density at radius 1 is 1.47 bits per heavy atom. The second-order valence-corrected chi connectivity index (χ2v) is 4.25. The summed E-state index contributed by atoms with van der Waals surface area (Å²) in [6, 6.07) is 0. The average molecular weight is 267 g/mol. The van der Waals surface area contributed by atoms with Crippen LogP contribution in [0.3, 0.4) is 0 Å². The van der Waals surface area contributed by atoms with Gasteiger partial charge in [0.05, 0.1) is 6.61 Å². The molecule has 7 nitrogen and oxygen atoms in total.